The van der Waals surface area contributed by atoms with Crippen molar-refractivity contribution in [3.63, 3.8) is 0 Å². The van der Waals surface area contributed by atoms with Gasteiger partial charge in [-0.1, -0.05) is 0 Å². The summed E-state index contributed by atoms with van der Waals surface area (Å²) in [6.45, 7) is 3.82. The third-order valence-electron chi connectivity index (χ3n) is 5.35. The van der Waals surface area contributed by atoms with E-state index in [1.54, 1.807) is 41.3 Å². The Morgan fingerprint density at radius 3 is 2.03 bits per heavy atom. The second-order valence-electron chi connectivity index (χ2n) is 7.26. The fourth-order valence-electron chi connectivity index (χ4n) is 3.69. The lowest BCUT2D eigenvalue weighted by atomic mass is 10.1. The summed E-state index contributed by atoms with van der Waals surface area (Å²) in [5.74, 6) is -0.179. The second-order valence-corrected chi connectivity index (χ2v) is 7.26. The van der Waals surface area contributed by atoms with Crippen LogP contribution in [0.25, 0.3) is 0 Å². The van der Waals surface area contributed by atoms with Crippen molar-refractivity contribution in [1.29, 1.82) is 0 Å². The quantitative estimate of drug-likeness (QED) is 0.864. The molecule has 2 aliphatic heterocycles. The number of carbonyl (C=O) groups is 3. The van der Waals surface area contributed by atoms with Crippen LogP contribution in [0, 0.1) is 0 Å². The van der Waals surface area contributed by atoms with Crippen LogP contribution in [0.1, 0.15) is 33.8 Å². The van der Waals surface area contributed by atoms with Gasteiger partial charge in [0.1, 0.15) is 0 Å². The number of nitrogens with zero attached hydrogens (tertiary/aromatic N) is 3. The lowest BCUT2D eigenvalue weighted by Crippen LogP contribution is -2.53. The Morgan fingerprint density at radius 2 is 1.41 bits per heavy atom. The minimum absolute atomic E-state index is 0.0674. The third-order valence-corrected chi connectivity index (χ3v) is 5.35. The van der Waals surface area contributed by atoms with Gasteiger partial charge in [-0.3, -0.25) is 9.59 Å². The molecular formula is C21H24N4O4. The predicted molar refractivity (Wildman–Crippen MR) is 107 cm³/mol. The molecule has 4 amide bonds. The van der Waals surface area contributed by atoms with E-state index in [-0.39, 0.29) is 23.6 Å². The zero-order chi connectivity index (χ0) is 20.2. The first-order valence-corrected chi connectivity index (χ1v) is 9.90. The van der Waals surface area contributed by atoms with Crippen molar-refractivity contribution in [2.45, 2.75) is 12.8 Å². The monoisotopic (exact) mass is 396 g/mol. The highest BCUT2D eigenvalue weighted by Gasteiger charge is 2.28. The zero-order valence-corrected chi connectivity index (χ0v) is 16.2. The molecule has 8 heteroatoms. The standard InChI is InChI=1S/C21H24N4O4/c26-19(18-4-3-15-29-18)22-17-7-5-16(6-8-17)20(27)23-11-13-25(14-12-23)21(28)24-9-1-2-10-24/h3-8,15H,1-2,9-14H2,(H,22,26). The van der Waals surface area contributed by atoms with Crippen LogP contribution in [0.15, 0.2) is 47.1 Å². The van der Waals surface area contributed by atoms with E-state index in [2.05, 4.69) is 5.32 Å². The number of likely N-dealkylation sites (tertiary alicyclic amines) is 1. The highest BCUT2D eigenvalue weighted by molar-refractivity contribution is 6.02. The number of rotatable bonds is 3. The van der Waals surface area contributed by atoms with Crippen molar-refractivity contribution in [2.24, 2.45) is 0 Å². The number of furan rings is 1. The van der Waals surface area contributed by atoms with Crippen LogP contribution < -0.4 is 5.32 Å². The average Bonchev–Trinajstić information content (AvgIpc) is 3.48. The van der Waals surface area contributed by atoms with Gasteiger partial charge in [0, 0.05) is 50.5 Å². The Hall–Kier alpha value is -3.29. The maximum absolute atomic E-state index is 12.8. The molecule has 0 unspecified atom stereocenters. The number of hydrogen-bond acceptors (Lipinski definition) is 4. The molecule has 0 atom stereocenters. The highest BCUT2D eigenvalue weighted by atomic mass is 16.3. The van der Waals surface area contributed by atoms with E-state index in [0.29, 0.717) is 37.4 Å². The predicted octanol–water partition coefficient (Wildman–Crippen LogP) is 2.51. The molecule has 0 radical (unpaired) electrons. The topological polar surface area (TPSA) is 86.1 Å². The van der Waals surface area contributed by atoms with Gasteiger partial charge in [0.05, 0.1) is 6.26 Å². The second kappa shape index (κ2) is 8.38. The number of urea groups is 1. The van der Waals surface area contributed by atoms with Gasteiger partial charge in [0.15, 0.2) is 5.76 Å². The summed E-state index contributed by atoms with van der Waals surface area (Å²) < 4.78 is 5.06. The van der Waals surface area contributed by atoms with E-state index >= 15 is 0 Å². The van der Waals surface area contributed by atoms with Gasteiger partial charge in [-0.25, -0.2) is 4.79 Å². The zero-order valence-electron chi connectivity index (χ0n) is 16.2. The molecule has 0 aliphatic carbocycles. The largest absolute Gasteiger partial charge is 0.459 e. The summed E-state index contributed by atoms with van der Waals surface area (Å²) in [5.41, 5.74) is 1.14. The number of nitrogens with one attached hydrogen (secondary N) is 1. The van der Waals surface area contributed by atoms with Gasteiger partial charge in [0.25, 0.3) is 11.8 Å². The van der Waals surface area contributed by atoms with Crippen molar-refractivity contribution in [2.75, 3.05) is 44.6 Å². The number of anilines is 1. The van der Waals surface area contributed by atoms with E-state index in [4.69, 9.17) is 4.42 Å². The van der Waals surface area contributed by atoms with Crippen molar-refractivity contribution >= 4 is 23.5 Å². The molecule has 3 heterocycles. The number of benzene rings is 1. The Bertz CT molecular complexity index is 865. The molecule has 2 aliphatic rings. The summed E-state index contributed by atoms with van der Waals surface area (Å²) in [7, 11) is 0. The molecule has 0 spiro atoms. The molecule has 2 fully saturated rings. The molecule has 0 saturated carbocycles. The molecule has 2 aromatic rings. The molecule has 8 nitrogen and oxygen atoms in total. The van der Waals surface area contributed by atoms with E-state index in [0.717, 1.165) is 25.9 Å². The Labute approximate surface area is 169 Å². The van der Waals surface area contributed by atoms with Crippen molar-refractivity contribution in [3.05, 3.63) is 54.0 Å². The highest BCUT2D eigenvalue weighted by Crippen LogP contribution is 2.16. The van der Waals surface area contributed by atoms with Crippen LogP contribution in [0.5, 0.6) is 0 Å². The molecule has 1 aromatic carbocycles. The van der Waals surface area contributed by atoms with Gasteiger partial charge >= 0.3 is 6.03 Å². The Kier molecular flexibility index (Phi) is 5.50. The molecule has 4 rings (SSSR count). The maximum atomic E-state index is 12.8. The molecule has 1 aromatic heterocycles. The van der Waals surface area contributed by atoms with Crippen LogP contribution in [0.2, 0.25) is 0 Å². The first-order valence-electron chi connectivity index (χ1n) is 9.90. The van der Waals surface area contributed by atoms with Crippen LogP contribution in [-0.4, -0.2) is 71.8 Å². The fraction of sp³-hybridized carbons (Fsp3) is 0.381. The van der Waals surface area contributed by atoms with E-state index in [1.165, 1.54) is 6.26 Å². The lowest BCUT2D eigenvalue weighted by Gasteiger charge is -2.36. The molecule has 2 saturated heterocycles. The number of carbonyl (C=O) groups excluding carboxylic acids is 3. The molecule has 0 bridgehead atoms. The van der Waals surface area contributed by atoms with Gasteiger partial charge in [-0.2, -0.15) is 0 Å². The van der Waals surface area contributed by atoms with Gasteiger partial charge in [-0.05, 0) is 49.2 Å². The SMILES string of the molecule is O=C(Nc1ccc(C(=O)N2CCN(C(=O)N3CCCC3)CC2)cc1)c1ccco1. The molecule has 29 heavy (non-hydrogen) atoms. The van der Waals surface area contributed by atoms with E-state index in [9.17, 15) is 14.4 Å². The Balaban J connectivity index is 1.30. The third kappa shape index (κ3) is 4.26. The summed E-state index contributed by atoms with van der Waals surface area (Å²) >= 11 is 0. The number of piperazine rings is 1. The number of hydrogen-bond donors (Lipinski definition) is 1. The van der Waals surface area contributed by atoms with Crippen LogP contribution in [0.3, 0.4) is 0 Å². The van der Waals surface area contributed by atoms with Crippen molar-refractivity contribution in [3.8, 4) is 0 Å². The first kappa shape index (κ1) is 19.0. The summed E-state index contributed by atoms with van der Waals surface area (Å²) in [4.78, 5) is 42.7. The minimum Gasteiger partial charge on any atom is -0.459 e. The number of amides is 4. The van der Waals surface area contributed by atoms with E-state index < -0.39 is 0 Å². The van der Waals surface area contributed by atoms with Crippen LogP contribution in [-0.2, 0) is 0 Å². The Morgan fingerprint density at radius 1 is 0.793 bits per heavy atom. The summed E-state index contributed by atoms with van der Waals surface area (Å²) in [6, 6.07) is 10.1. The van der Waals surface area contributed by atoms with Crippen LogP contribution >= 0.6 is 0 Å². The summed E-state index contributed by atoms with van der Waals surface area (Å²) in [5, 5.41) is 2.73. The van der Waals surface area contributed by atoms with Crippen molar-refractivity contribution < 1.29 is 18.8 Å². The summed E-state index contributed by atoms with van der Waals surface area (Å²) in [6.07, 6.45) is 3.58. The lowest BCUT2D eigenvalue weighted by molar-refractivity contribution is 0.0645. The van der Waals surface area contributed by atoms with E-state index in [1.807, 2.05) is 9.80 Å². The van der Waals surface area contributed by atoms with Crippen LogP contribution in [0.4, 0.5) is 10.5 Å². The maximum Gasteiger partial charge on any atom is 0.320 e. The smallest absolute Gasteiger partial charge is 0.320 e. The first-order chi connectivity index (χ1) is 14.1. The normalized spacial score (nSPS) is 16.8. The minimum atomic E-state index is -0.340. The molecular weight excluding hydrogens is 372 g/mol. The molecule has 1 N–H and O–H groups in total. The van der Waals surface area contributed by atoms with Crippen molar-refractivity contribution in [1.82, 2.24) is 14.7 Å². The van der Waals surface area contributed by atoms with Gasteiger partial charge in [0.2, 0.25) is 0 Å². The average molecular weight is 396 g/mol. The van der Waals surface area contributed by atoms with Gasteiger partial charge in [-0.15, -0.1) is 0 Å². The fourth-order valence-corrected chi connectivity index (χ4v) is 3.69. The van der Waals surface area contributed by atoms with Gasteiger partial charge < -0.3 is 24.4 Å². The molecule has 152 valence electrons.